The summed E-state index contributed by atoms with van der Waals surface area (Å²) in [4.78, 5) is 7.44. The lowest BCUT2D eigenvalue weighted by molar-refractivity contribution is 0.363. The predicted molar refractivity (Wildman–Crippen MR) is 116 cm³/mol. The lowest BCUT2D eigenvalue weighted by Gasteiger charge is -2.34. The van der Waals surface area contributed by atoms with Crippen molar-refractivity contribution in [2.45, 2.75) is 51.8 Å². The Morgan fingerprint density at radius 1 is 1.32 bits per heavy atom. The van der Waals surface area contributed by atoms with Crippen molar-refractivity contribution < 1.29 is 0 Å². The van der Waals surface area contributed by atoms with Crippen LogP contribution in [0.1, 0.15) is 38.3 Å². The van der Waals surface area contributed by atoms with Gasteiger partial charge in [-0.15, -0.1) is 34.2 Å². The van der Waals surface area contributed by atoms with Crippen molar-refractivity contribution in [3.8, 4) is 0 Å². The molecule has 0 bridgehead atoms. The molecular weight excluding hydrogens is 447 g/mol. The molecule has 2 unspecified atom stereocenters. The molecule has 0 aromatic carbocycles. The van der Waals surface area contributed by atoms with Gasteiger partial charge in [0.15, 0.2) is 5.96 Å². The summed E-state index contributed by atoms with van der Waals surface area (Å²) >= 11 is 2.10. The van der Waals surface area contributed by atoms with Gasteiger partial charge in [0.25, 0.3) is 0 Å². The van der Waals surface area contributed by atoms with Crippen LogP contribution in [0.2, 0.25) is 0 Å². The van der Waals surface area contributed by atoms with Gasteiger partial charge in [0.2, 0.25) is 0 Å². The Labute approximate surface area is 172 Å². The number of guanidine groups is 1. The first-order valence-electron chi connectivity index (χ1n) is 9.24. The Bertz CT molecular complexity index is 575. The molecule has 3 rings (SSSR count). The first-order valence-corrected chi connectivity index (χ1v) is 10.3. The number of nitrogens with zero attached hydrogens (tertiary/aromatic N) is 5. The van der Waals surface area contributed by atoms with E-state index in [0.717, 1.165) is 68.4 Å². The van der Waals surface area contributed by atoms with Crippen LogP contribution < -0.4 is 5.32 Å². The lowest BCUT2D eigenvalue weighted by atomic mass is 9.99. The molecule has 1 fully saturated rings. The van der Waals surface area contributed by atoms with E-state index in [4.69, 9.17) is 4.99 Å². The van der Waals surface area contributed by atoms with Crippen LogP contribution in [-0.4, -0.2) is 62.8 Å². The maximum Gasteiger partial charge on any atom is 0.193 e. The number of halogens is 1. The van der Waals surface area contributed by atoms with Gasteiger partial charge >= 0.3 is 0 Å². The molecule has 2 aliphatic rings. The normalized spacial score (nSPS) is 23.8. The fourth-order valence-corrected chi connectivity index (χ4v) is 4.66. The number of thioether (sulfide) groups is 1. The average Bonchev–Trinajstić information content (AvgIpc) is 2.99. The Balaban J connectivity index is 0.00000225. The van der Waals surface area contributed by atoms with Crippen LogP contribution >= 0.6 is 35.7 Å². The summed E-state index contributed by atoms with van der Waals surface area (Å²) in [6.07, 6.45) is 3.42. The summed E-state index contributed by atoms with van der Waals surface area (Å²) < 4.78 is 2.27. The van der Waals surface area contributed by atoms with E-state index in [1.165, 1.54) is 12.2 Å². The molecule has 1 N–H and O–H groups in total. The number of hydrogen-bond acceptors (Lipinski definition) is 4. The first kappa shape index (κ1) is 20.8. The summed E-state index contributed by atoms with van der Waals surface area (Å²) in [5.41, 5.74) is 0. The SMILES string of the molecule is CCNC(=NCC1CCc2nnc(C)n2C1)N1CCSC(CC)C1.I. The van der Waals surface area contributed by atoms with Crippen molar-refractivity contribution in [2.75, 3.05) is 31.9 Å². The molecule has 1 saturated heterocycles. The van der Waals surface area contributed by atoms with Crippen molar-refractivity contribution in [1.29, 1.82) is 0 Å². The van der Waals surface area contributed by atoms with Gasteiger partial charge < -0.3 is 14.8 Å². The van der Waals surface area contributed by atoms with Gasteiger partial charge in [-0.05, 0) is 32.6 Å². The van der Waals surface area contributed by atoms with Gasteiger partial charge in [0.1, 0.15) is 11.6 Å². The van der Waals surface area contributed by atoms with E-state index in [-0.39, 0.29) is 24.0 Å². The Kier molecular flexibility index (Phi) is 8.31. The van der Waals surface area contributed by atoms with E-state index < -0.39 is 0 Å². The molecular formula is C17H31IN6S. The molecule has 0 spiro atoms. The zero-order valence-corrected chi connectivity index (χ0v) is 18.7. The second kappa shape index (κ2) is 9.99. The topological polar surface area (TPSA) is 58.3 Å². The summed E-state index contributed by atoms with van der Waals surface area (Å²) in [6.45, 7) is 11.5. The van der Waals surface area contributed by atoms with Gasteiger partial charge in [-0.1, -0.05) is 6.92 Å². The van der Waals surface area contributed by atoms with Crippen LogP contribution in [0, 0.1) is 12.8 Å². The maximum absolute atomic E-state index is 4.98. The van der Waals surface area contributed by atoms with E-state index in [2.05, 4.69) is 50.6 Å². The summed E-state index contributed by atoms with van der Waals surface area (Å²) in [5, 5.41) is 12.7. The van der Waals surface area contributed by atoms with Gasteiger partial charge in [-0.2, -0.15) is 11.8 Å². The van der Waals surface area contributed by atoms with Crippen LogP contribution in [0.4, 0.5) is 0 Å². The maximum atomic E-state index is 4.98. The number of aliphatic imine (C=N–C) groups is 1. The quantitative estimate of drug-likeness (QED) is 0.410. The van der Waals surface area contributed by atoms with Crippen LogP contribution in [0.5, 0.6) is 0 Å². The third kappa shape index (κ3) is 5.24. The molecule has 1 aromatic rings. The number of nitrogens with one attached hydrogen (secondary N) is 1. The molecule has 2 aliphatic heterocycles. The van der Waals surface area contributed by atoms with Gasteiger partial charge in [-0.25, -0.2) is 0 Å². The molecule has 0 amide bonds. The Morgan fingerprint density at radius 2 is 2.16 bits per heavy atom. The van der Waals surface area contributed by atoms with Crippen LogP contribution in [-0.2, 0) is 13.0 Å². The molecule has 8 heteroatoms. The molecule has 0 aliphatic carbocycles. The summed E-state index contributed by atoms with van der Waals surface area (Å²) in [7, 11) is 0. The van der Waals surface area contributed by atoms with Crippen molar-refractivity contribution in [3.05, 3.63) is 11.6 Å². The van der Waals surface area contributed by atoms with Crippen LogP contribution in [0.3, 0.4) is 0 Å². The molecule has 2 atom stereocenters. The van der Waals surface area contributed by atoms with E-state index in [1.807, 2.05) is 6.92 Å². The number of aryl methyl sites for hydroxylation is 2. The second-order valence-corrected chi connectivity index (χ2v) is 8.13. The average molecular weight is 478 g/mol. The lowest BCUT2D eigenvalue weighted by Crippen LogP contribution is -2.48. The molecule has 0 saturated carbocycles. The molecule has 25 heavy (non-hydrogen) atoms. The number of hydrogen-bond donors (Lipinski definition) is 1. The van der Waals surface area contributed by atoms with Crippen LogP contribution in [0.15, 0.2) is 4.99 Å². The zero-order valence-electron chi connectivity index (χ0n) is 15.6. The third-order valence-electron chi connectivity index (χ3n) is 4.96. The summed E-state index contributed by atoms with van der Waals surface area (Å²) in [5.74, 6) is 5.06. The smallest absolute Gasteiger partial charge is 0.193 e. The largest absolute Gasteiger partial charge is 0.357 e. The second-order valence-electron chi connectivity index (χ2n) is 6.72. The van der Waals surface area contributed by atoms with E-state index >= 15 is 0 Å². The van der Waals surface area contributed by atoms with Crippen LogP contribution in [0.25, 0.3) is 0 Å². The fraction of sp³-hybridized carbons (Fsp3) is 0.824. The fourth-order valence-electron chi connectivity index (χ4n) is 3.48. The number of aromatic nitrogens is 3. The molecule has 0 radical (unpaired) electrons. The van der Waals surface area contributed by atoms with Crippen molar-refractivity contribution >= 4 is 41.7 Å². The molecule has 142 valence electrons. The highest BCUT2D eigenvalue weighted by Crippen LogP contribution is 2.22. The highest BCUT2D eigenvalue weighted by Gasteiger charge is 2.24. The molecule has 3 heterocycles. The molecule has 1 aromatic heterocycles. The number of rotatable bonds is 4. The first-order chi connectivity index (χ1) is 11.7. The zero-order chi connectivity index (χ0) is 16.9. The highest BCUT2D eigenvalue weighted by atomic mass is 127. The van der Waals surface area contributed by atoms with E-state index in [1.54, 1.807) is 0 Å². The predicted octanol–water partition coefficient (Wildman–Crippen LogP) is 2.56. The highest BCUT2D eigenvalue weighted by molar-refractivity contribution is 14.0. The van der Waals surface area contributed by atoms with Gasteiger partial charge in [0, 0.05) is 50.1 Å². The van der Waals surface area contributed by atoms with Crippen molar-refractivity contribution in [3.63, 3.8) is 0 Å². The standard InChI is InChI=1S/C17H30N6S.HI/c1-4-15-12-22(8-9-24-15)17(18-5-2)19-10-14-6-7-16-21-20-13(3)23(16)11-14;/h14-15H,4-12H2,1-3H3,(H,18,19);1H. The third-order valence-corrected chi connectivity index (χ3v) is 6.33. The Morgan fingerprint density at radius 3 is 2.92 bits per heavy atom. The Hall–Kier alpha value is -0.510. The van der Waals surface area contributed by atoms with Crippen molar-refractivity contribution in [2.24, 2.45) is 10.9 Å². The monoisotopic (exact) mass is 478 g/mol. The van der Waals surface area contributed by atoms with Gasteiger partial charge in [-0.3, -0.25) is 4.99 Å². The van der Waals surface area contributed by atoms with Crippen molar-refractivity contribution in [1.82, 2.24) is 25.0 Å². The van der Waals surface area contributed by atoms with E-state index in [9.17, 15) is 0 Å². The minimum Gasteiger partial charge on any atom is -0.357 e. The minimum absolute atomic E-state index is 0. The summed E-state index contributed by atoms with van der Waals surface area (Å²) in [6, 6.07) is 0. The minimum atomic E-state index is 0. The number of fused-ring (bicyclic) bond motifs is 1. The molecule has 6 nitrogen and oxygen atoms in total. The van der Waals surface area contributed by atoms with E-state index in [0.29, 0.717) is 5.92 Å². The van der Waals surface area contributed by atoms with Gasteiger partial charge in [0.05, 0.1) is 0 Å².